The predicted molar refractivity (Wildman–Crippen MR) is 137 cm³/mol. The number of hydrogen-bond donors (Lipinski definition) is 1. The number of amides is 2. The first-order valence-electron chi connectivity index (χ1n) is 11.1. The van der Waals surface area contributed by atoms with Crippen molar-refractivity contribution in [2.75, 3.05) is 17.1 Å². The summed E-state index contributed by atoms with van der Waals surface area (Å²) in [6.45, 7) is 8.99. The molecule has 2 rings (SSSR count). The van der Waals surface area contributed by atoms with Crippen LogP contribution in [0.4, 0.5) is 5.69 Å². The van der Waals surface area contributed by atoms with Gasteiger partial charge in [-0.3, -0.25) is 13.9 Å². The Morgan fingerprint density at radius 3 is 2.21 bits per heavy atom. The second-order valence-electron chi connectivity index (χ2n) is 9.42. The number of halogens is 1. The van der Waals surface area contributed by atoms with E-state index in [0.717, 1.165) is 21.7 Å². The van der Waals surface area contributed by atoms with E-state index in [1.165, 1.54) is 4.90 Å². The van der Waals surface area contributed by atoms with E-state index in [1.54, 1.807) is 42.5 Å². The van der Waals surface area contributed by atoms with E-state index in [9.17, 15) is 18.0 Å². The van der Waals surface area contributed by atoms with Crippen LogP contribution in [-0.4, -0.2) is 49.5 Å². The molecule has 1 N–H and O–H groups in total. The lowest BCUT2D eigenvalue weighted by Crippen LogP contribution is -2.55. The highest BCUT2D eigenvalue weighted by Gasteiger charge is 2.33. The zero-order chi connectivity index (χ0) is 25.7. The minimum Gasteiger partial charge on any atom is -0.350 e. The first-order chi connectivity index (χ1) is 15.7. The summed E-state index contributed by atoms with van der Waals surface area (Å²) in [4.78, 5) is 28.2. The topological polar surface area (TPSA) is 86.8 Å². The molecule has 0 aliphatic carbocycles. The molecule has 34 heavy (non-hydrogen) atoms. The predicted octanol–water partition coefficient (Wildman–Crippen LogP) is 4.14. The number of carbonyl (C=O) groups excluding carboxylic acids is 2. The summed E-state index contributed by atoms with van der Waals surface area (Å²) in [6.07, 6.45) is 1.43. The normalized spacial score (nSPS) is 12.7. The molecule has 0 radical (unpaired) electrons. The molecular weight excluding hydrogens is 474 g/mol. The molecule has 7 nitrogen and oxygen atoms in total. The van der Waals surface area contributed by atoms with Crippen LogP contribution in [0.5, 0.6) is 0 Å². The number of aryl methyl sites for hydroxylation is 1. The zero-order valence-electron chi connectivity index (χ0n) is 20.6. The number of sulfonamides is 1. The third-order valence-electron chi connectivity index (χ3n) is 5.12. The van der Waals surface area contributed by atoms with Crippen LogP contribution in [0.1, 0.15) is 45.2 Å². The Balaban J connectivity index is 2.45. The average Bonchev–Trinajstić information content (AvgIpc) is 2.71. The SMILES string of the molecule is CCC(C(=O)NC(C)(C)C)N(Cc1ccc(Cl)cc1)C(=O)CN(c1cccc(C)c1)S(C)(=O)=O. The number of benzene rings is 2. The van der Waals surface area contributed by atoms with E-state index < -0.39 is 34.1 Å². The van der Waals surface area contributed by atoms with Gasteiger partial charge in [0.1, 0.15) is 12.6 Å². The molecule has 0 saturated heterocycles. The first kappa shape index (κ1) is 27.7. The smallest absolute Gasteiger partial charge is 0.244 e. The molecule has 0 aliphatic heterocycles. The minimum absolute atomic E-state index is 0.136. The van der Waals surface area contributed by atoms with Crippen molar-refractivity contribution >= 4 is 39.1 Å². The van der Waals surface area contributed by atoms with E-state index in [0.29, 0.717) is 17.1 Å². The largest absolute Gasteiger partial charge is 0.350 e. The van der Waals surface area contributed by atoms with Crippen LogP contribution in [0.25, 0.3) is 0 Å². The lowest BCUT2D eigenvalue weighted by atomic mass is 10.1. The van der Waals surface area contributed by atoms with Crippen LogP contribution in [0.2, 0.25) is 5.02 Å². The fourth-order valence-corrected chi connectivity index (χ4v) is 4.52. The third kappa shape index (κ3) is 8.02. The molecule has 0 heterocycles. The van der Waals surface area contributed by atoms with Crippen LogP contribution in [0.3, 0.4) is 0 Å². The van der Waals surface area contributed by atoms with Crippen LogP contribution in [0, 0.1) is 6.92 Å². The summed E-state index contributed by atoms with van der Waals surface area (Å²) in [5.41, 5.74) is 1.56. The van der Waals surface area contributed by atoms with Crippen molar-refractivity contribution in [1.82, 2.24) is 10.2 Å². The maximum Gasteiger partial charge on any atom is 0.244 e. The summed E-state index contributed by atoms with van der Waals surface area (Å²) in [7, 11) is -3.76. The molecule has 0 bridgehead atoms. The van der Waals surface area contributed by atoms with Crippen molar-refractivity contribution in [2.24, 2.45) is 0 Å². The fraction of sp³-hybridized carbons (Fsp3) is 0.440. The maximum absolute atomic E-state index is 13.6. The third-order valence-corrected chi connectivity index (χ3v) is 6.51. The number of nitrogens with zero attached hydrogens (tertiary/aromatic N) is 2. The summed E-state index contributed by atoms with van der Waals surface area (Å²) in [5, 5.41) is 3.49. The molecule has 2 amide bonds. The van der Waals surface area contributed by atoms with Crippen LogP contribution in [0.15, 0.2) is 48.5 Å². The number of hydrogen-bond acceptors (Lipinski definition) is 4. The highest BCUT2D eigenvalue weighted by Crippen LogP contribution is 2.21. The molecule has 2 aromatic carbocycles. The average molecular weight is 508 g/mol. The molecule has 0 spiro atoms. The van der Waals surface area contributed by atoms with E-state index >= 15 is 0 Å². The lowest BCUT2D eigenvalue weighted by molar-refractivity contribution is -0.141. The van der Waals surface area contributed by atoms with E-state index in [4.69, 9.17) is 11.6 Å². The van der Waals surface area contributed by atoms with Crippen molar-refractivity contribution < 1.29 is 18.0 Å². The van der Waals surface area contributed by atoms with Gasteiger partial charge >= 0.3 is 0 Å². The van der Waals surface area contributed by atoms with Gasteiger partial charge in [0, 0.05) is 17.1 Å². The molecule has 0 fully saturated rings. The highest BCUT2D eigenvalue weighted by molar-refractivity contribution is 7.92. The fourth-order valence-electron chi connectivity index (χ4n) is 3.56. The van der Waals surface area contributed by atoms with Crippen molar-refractivity contribution in [3.8, 4) is 0 Å². The molecule has 0 aliphatic rings. The number of rotatable bonds is 9. The van der Waals surface area contributed by atoms with Crippen LogP contribution in [-0.2, 0) is 26.2 Å². The second kappa shape index (κ2) is 11.2. The number of carbonyl (C=O) groups is 2. The second-order valence-corrected chi connectivity index (χ2v) is 11.8. The standard InChI is InChI=1S/C25H34ClN3O4S/c1-7-22(24(31)27-25(3,4)5)28(16-19-11-13-20(26)14-12-19)23(30)17-29(34(6,32)33)21-10-8-9-18(2)15-21/h8-15,22H,7,16-17H2,1-6H3,(H,27,31). The highest BCUT2D eigenvalue weighted by atomic mass is 35.5. The van der Waals surface area contributed by atoms with Gasteiger partial charge in [0.15, 0.2) is 0 Å². The van der Waals surface area contributed by atoms with Crippen molar-refractivity contribution in [3.63, 3.8) is 0 Å². The summed E-state index contributed by atoms with van der Waals surface area (Å²) in [5.74, 6) is -0.767. The summed E-state index contributed by atoms with van der Waals surface area (Å²) in [6, 6.07) is 13.2. The Bertz CT molecular complexity index is 1110. The molecule has 9 heteroatoms. The van der Waals surface area contributed by atoms with Gasteiger partial charge in [-0.15, -0.1) is 0 Å². The Morgan fingerprint density at radius 1 is 1.09 bits per heavy atom. The minimum atomic E-state index is -3.76. The van der Waals surface area contributed by atoms with Gasteiger partial charge in [0.05, 0.1) is 11.9 Å². The quantitative estimate of drug-likeness (QED) is 0.552. The van der Waals surface area contributed by atoms with Gasteiger partial charge in [-0.1, -0.05) is 42.8 Å². The van der Waals surface area contributed by atoms with E-state index in [1.807, 2.05) is 40.7 Å². The monoisotopic (exact) mass is 507 g/mol. The van der Waals surface area contributed by atoms with Gasteiger partial charge in [0.2, 0.25) is 21.8 Å². The Kier molecular flexibility index (Phi) is 9.14. The lowest BCUT2D eigenvalue weighted by Gasteiger charge is -2.34. The van der Waals surface area contributed by atoms with Gasteiger partial charge in [-0.2, -0.15) is 0 Å². The number of anilines is 1. The van der Waals surface area contributed by atoms with Crippen molar-refractivity contribution in [2.45, 2.75) is 59.2 Å². The Labute approximate surface area is 208 Å². The Hall–Kier alpha value is -2.58. The van der Waals surface area contributed by atoms with Crippen LogP contribution < -0.4 is 9.62 Å². The zero-order valence-corrected chi connectivity index (χ0v) is 22.2. The molecule has 2 aromatic rings. The van der Waals surface area contributed by atoms with Crippen LogP contribution >= 0.6 is 11.6 Å². The van der Waals surface area contributed by atoms with Crippen molar-refractivity contribution in [3.05, 3.63) is 64.7 Å². The van der Waals surface area contributed by atoms with Gasteiger partial charge in [-0.05, 0) is 69.5 Å². The molecule has 0 saturated carbocycles. The van der Waals surface area contributed by atoms with E-state index in [2.05, 4.69) is 5.32 Å². The van der Waals surface area contributed by atoms with Gasteiger partial charge in [-0.25, -0.2) is 8.42 Å². The van der Waals surface area contributed by atoms with Crippen molar-refractivity contribution in [1.29, 1.82) is 0 Å². The van der Waals surface area contributed by atoms with Gasteiger partial charge in [0.25, 0.3) is 0 Å². The maximum atomic E-state index is 13.6. The molecule has 1 atom stereocenters. The Morgan fingerprint density at radius 2 is 1.71 bits per heavy atom. The number of nitrogens with one attached hydrogen (secondary N) is 1. The molecule has 186 valence electrons. The molecular formula is C25H34ClN3O4S. The summed E-state index contributed by atoms with van der Waals surface area (Å²) < 4.78 is 26.3. The molecule has 1 unspecified atom stereocenters. The summed E-state index contributed by atoms with van der Waals surface area (Å²) >= 11 is 6.01. The first-order valence-corrected chi connectivity index (χ1v) is 13.3. The molecule has 0 aromatic heterocycles. The van der Waals surface area contributed by atoms with E-state index in [-0.39, 0.29) is 12.5 Å². The van der Waals surface area contributed by atoms with Gasteiger partial charge < -0.3 is 10.2 Å².